The van der Waals surface area contributed by atoms with Gasteiger partial charge >= 0.3 is 0 Å². The minimum atomic E-state index is -0.298. The van der Waals surface area contributed by atoms with Gasteiger partial charge in [0.25, 0.3) is 0 Å². The van der Waals surface area contributed by atoms with Crippen molar-refractivity contribution in [1.82, 2.24) is 30.2 Å². The SMILES string of the molecule is CN1CCN(c2ncnc(Nc3ncc(CC(=O)NCc4ccc(F)cc4)s3)n2)CC1. The van der Waals surface area contributed by atoms with Crippen LogP contribution in [0.25, 0.3) is 0 Å². The normalized spacial score (nSPS) is 14.5. The number of carbonyl (C=O) groups excluding carboxylic acids is 1. The van der Waals surface area contributed by atoms with E-state index >= 15 is 0 Å². The number of likely N-dealkylation sites (N-methyl/N-ethyl adjacent to an activating group) is 1. The highest BCUT2D eigenvalue weighted by molar-refractivity contribution is 7.15. The van der Waals surface area contributed by atoms with Gasteiger partial charge in [-0.3, -0.25) is 10.1 Å². The number of amides is 1. The molecule has 0 saturated carbocycles. The maximum Gasteiger partial charge on any atom is 0.233 e. The third-order valence-corrected chi connectivity index (χ3v) is 5.77. The Hall–Kier alpha value is -3.18. The van der Waals surface area contributed by atoms with Crippen molar-refractivity contribution in [3.05, 3.63) is 53.0 Å². The fraction of sp³-hybridized carbons (Fsp3) is 0.350. The summed E-state index contributed by atoms with van der Waals surface area (Å²) < 4.78 is 12.9. The number of thiazole rings is 1. The molecular weight excluding hydrogens is 419 g/mol. The molecule has 0 atom stereocenters. The summed E-state index contributed by atoms with van der Waals surface area (Å²) in [6.07, 6.45) is 3.36. The molecule has 31 heavy (non-hydrogen) atoms. The van der Waals surface area contributed by atoms with Crippen molar-refractivity contribution < 1.29 is 9.18 Å². The summed E-state index contributed by atoms with van der Waals surface area (Å²) in [5.41, 5.74) is 0.840. The lowest BCUT2D eigenvalue weighted by Gasteiger charge is -2.32. The van der Waals surface area contributed by atoms with Crippen molar-refractivity contribution in [3.63, 3.8) is 0 Å². The van der Waals surface area contributed by atoms with Gasteiger partial charge in [0.1, 0.15) is 12.1 Å². The van der Waals surface area contributed by atoms with Crippen LogP contribution in [0.4, 0.5) is 21.4 Å². The van der Waals surface area contributed by atoms with E-state index in [-0.39, 0.29) is 18.1 Å². The van der Waals surface area contributed by atoms with Crippen molar-refractivity contribution in [2.75, 3.05) is 43.4 Å². The van der Waals surface area contributed by atoms with Gasteiger partial charge in [-0.05, 0) is 24.7 Å². The average Bonchev–Trinajstić information content (AvgIpc) is 3.20. The largest absolute Gasteiger partial charge is 0.352 e. The van der Waals surface area contributed by atoms with E-state index in [1.807, 2.05) is 0 Å². The van der Waals surface area contributed by atoms with Crippen molar-refractivity contribution in [2.45, 2.75) is 13.0 Å². The fourth-order valence-electron chi connectivity index (χ4n) is 3.07. The lowest BCUT2D eigenvalue weighted by Crippen LogP contribution is -2.45. The highest BCUT2D eigenvalue weighted by Crippen LogP contribution is 2.22. The van der Waals surface area contributed by atoms with Crippen molar-refractivity contribution >= 4 is 34.3 Å². The van der Waals surface area contributed by atoms with Gasteiger partial charge in [0.2, 0.25) is 17.8 Å². The van der Waals surface area contributed by atoms with Gasteiger partial charge in [-0.1, -0.05) is 12.1 Å². The molecule has 0 spiro atoms. The van der Waals surface area contributed by atoms with Crippen LogP contribution >= 0.6 is 11.3 Å². The predicted octanol–water partition coefficient (Wildman–Crippen LogP) is 1.82. The Morgan fingerprint density at radius 3 is 2.68 bits per heavy atom. The summed E-state index contributed by atoms with van der Waals surface area (Å²) in [6, 6.07) is 6.04. The molecule has 3 heterocycles. The Morgan fingerprint density at radius 2 is 1.90 bits per heavy atom. The second-order valence-electron chi connectivity index (χ2n) is 7.24. The molecule has 1 saturated heterocycles. The van der Waals surface area contributed by atoms with Crippen LogP contribution in [0.3, 0.4) is 0 Å². The van der Waals surface area contributed by atoms with Crippen LogP contribution in [-0.2, 0) is 17.8 Å². The van der Waals surface area contributed by atoms with Gasteiger partial charge in [0, 0.05) is 43.8 Å². The minimum Gasteiger partial charge on any atom is -0.352 e. The van der Waals surface area contributed by atoms with E-state index in [1.54, 1.807) is 18.3 Å². The Morgan fingerprint density at radius 1 is 1.13 bits per heavy atom. The second kappa shape index (κ2) is 9.75. The number of halogens is 1. The molecule has 162 valence electrons. The fourth-order valence-corrected chi connectivity index (χ4v) is 3.88. The number of hydrogen-bond acceptors (Lipinski definition) is 9. The van der Waals surface area contributed by atoms with Crippen LogP contribution in [0, 0.1) is 5.82 Å². The molecule has 2 N–H and O–H groups in total. The molecule has 1 aromatic carbocycles. The van der Waals surface area contributed by atoms with Crippen LogP contribution in [0.1, 0.15) is 10.4 Å². The second-order valence-corrected chi connectivity index (χ2v) is 8.35. The Bertz CT molecular complexity index is 1020. The van der Waals surface area contributed by atoms with Crippen LogP contribution in [0.5, 0.6) is 0 Å². The molecule has 0 radical (unpaired) electrons. The number of carbonyl (C=O) groups is 1. The highest BCUT2D eigenvalue weighted by Gasteiger charge is 2.17. The molecule has 3 aromatic rings. The minimum absolute atomic E-state index is 0.128. The first-order chi connectivity index (χ1) is 15.0. The van der Waals surface area contributed by atoms with Gasteiger partial charge in [0.15, 0.2) is 5.13 Å². The van der Waals surface area contributed by atoms with Crippen LogP contribution in [0.15, 0.2) is 36.8 Å². The summed E-state index contributed by atoms with van der Waals surface area (Å²) in [5, 5.41) is 6.53. The lowest BCUT2D eigenvalue weighted by atomic mass is 10.2. The molecule has 1 aliphatic heterocycles. The zero-order valence-corrected chi connectivity index (χ0v) is 17.9. The molecule has 1 aliphatic rings. The topological polar surface area (TPSA) is 99.2 Å². The molecule has 0 aliphatic carbocycles. The lowest BCUT2D eigenvalue weighted by molar-refractivity contribution is -0.120. The van der Waals surface area contributed by atoms with E-state index in [4.69, 9.17) is 0 Å². The van der Waals surface area contributed by atoms with Crippen LogP contribution in [-0.4, -0.2) is 64.0 Å². The van der Waals surface area contributed by atoms with E-state index in [0.717, 1.165) is 36.6 Å². The van der Waals surface area contributed by atoms with E-state index in [0.29, 0.717) is 23.6 Å². The number of piperazine rings is 1. The molecule has 2 aromatic heterocycles. The number of nitrogens with zero attached hydrogens (tertiary/aromatic N) is 6. The average molecular weight is 443 g/mol. The predicted molar refractivity (Wildman–Crippen MR) is 117 cm³/mol. The highest BCUT2D eigenvalue weighted by atomic mass is 32.1. The third kappa shape index (κ3) is 5.92. The first-order valence-electron chi connectivity index (χ1n) is 9.90. The van der Waals surface area contributed by atoms with Crippen molar-refractivity contribution in [1.29, 1.82) is 0 Å². The number of nitrogens with one attached hydrogen (secondary N) is 2. The van der Waals surface area contributed by atoms with Gasteiger partial charge in [-0.25, -0.2) is 19.3 Å². The van der Waals surface area contributed by atoms with Crippen molar-refractivity contribution in [2.24, 2.45) is 0 Å². The summed E-state index contributed by atoms with van der Waals surface area (Å²) in [4.78, 5) is 34.7. The zero-order chi connectivity index (χ0) is 21.6. The number of benzene rings is 1. The number of rotatable bonds is 7. The molecule has 4 rings (SSSR count). The van der Waals surface area contributed by atoms with Gasteiger partial charge in [-0.2, -0.15) is 4.98 Å². The molecule has 1 amide bonds. The maximum atomic E-state index is 12.9. The number of aromatic nitrogens is 4. The summed E-state index contributed by atoms with van der Waals surface area (Å²) in [5.74, 6) is 0.638. The number of anilines is 3. The Kier molecular flexibility index (Phi) is 6.63. The molecular formula is C20H23FN8OS. The first kappa shape index (κ1) is 21.1. The third-order valence-electron chi connectivity index (χ3n) is 4.86. The Labute approximate surface area is 183 Å². The molecule has 9 nitrogen and oxygen atoms in total. The summed E-state index contributed by atoms with van der Waals surface area (Å²) >= 11 is 1.37. The van der Waals surface area contributed by atoms with E-state index in [2.05, 4.69) is 47.4 Å². The van der Waals surface area contributed by atoms with Gasteiger partial charge in [-0.15, -0.1) is 11.3 Å². The molecule has 0 bridgehead atoms. The Balaban J connectivity index is 1.30. The summed E-state index contributed by atoms with van der Waals surface area (Å²) in [7, 11) is 2.10. The molecule has 11 heteroatoms. The molecule has 1 fully saturated rings. The quantitative estimate of drug-likeness (QED) is 0.572. The van der Waals surface area contributed by atoms with Crippen LogP contribution < -0.4 is 15.5 Å². The zero-order valence-electron chi connectivity index (χ0n) is 17.1. The maximum absolute atomic E-state index is 12.9. The summed E-state index contributed by atoms with van der Waals surface area (Å²) in [6.45, 7) is 4.02. The monoisotopic (exact) mass is 442 g/mol. The standard InChI is InChI=1S/C20H23FN8OS/c1-28-6-8-29(9-7-28)19-25-13-24-18(26-19)27-20-23-12-16(31-20)10-17(30)22-11-14-2-4-15(21)5-3-14/h2-5,12-13H,6-11H2,1H3,(H,22,30)(H,23,24,25,26,27). The molecule has 0 unspecified atom stereocenters. The van der Waals surface area contributed by atoms with Crippen molar-refractivity contribution in [3.8, 4) is 0 Å². The first-order valence-corrected chi connectivity index (χ1v) is 10.7. The van der Waals surface area contributed by atoms with E-state index in [1.165, 1.54) is 29.8 Å². The smallest absolute Gasteiger partial charge is 0.233 e. The van der Waals surface area contributed by atoms with E-state index in [9.17, 15) is 9.18 Å². The van der Waals surface area contributed by atoms with E-state index < -0.39 is 0 Å². The van der Waals surface area contributed by atoms with Gasteiger partial charge < -0.3 is 15.1 Å². The van der Waals surface area contributed by atoms with Crippen LogP contribution in [0.2, 0.25) is 0 Å². The van der Waals surface area contributed by atoms with Gasteiger partial charge in [0.05, 0.1) is 6.42 Å². The number of hydrogen-bond donors (Lipinski definition) is 2.